The SMILES string of the molecule is COC[C@H](C)Nc1ncc2nc(Nc3c(Cl)cc(Cl)cc3Cl)n(C3CCC(C(N)=O)CC3)c2n1. The molecule has 2 heterocycles. The van der Waals surface area contributed by atoms with E-state index >= 15 is 0 Å². The molecule has 0 spiro atoms. The first-order chi connectivity index (χ1) is 16.3. The van der Waals surface area contributed by atoms with Crippen LogP contribution in [0.1, 0.15) is 38.6 Å². The fourth-order valence-corrected chi connectivity index (χ4v) is 5.21. The largest absolute Gasteiger partial charge is 0.383 e. The molecule has 12 heteroatoms. The van der Waals surface area contributed by atoms with Crippen LogP contribution in [0.2, 0.25) is 15.1 Å². The van der Waals surface area contributed by atoms with Crippen molar-refractivity contribution in [3.05, 3.63) is 33.4 Å². The highest BCUT2D eigenvalue weighted by Gasteiger charge is 2.29. The number of carbonyl (C=O) groups is 1. The van der Waals surface area contributed by atoms with Gasteiger partial charge in [-0.15, -0.1) is 0 Å². The molecule has 0 saturated heterocycles. The number of imidazole rings is 1. The van der Waals surface area contributed by atoms with Crippen molar-refractivity contribution in [1.29, 1.82) is 0 Å². The van der Waals surface area contributed by atoms with Gasteiger partial charge in [0.15, 0.2) is 5.65 Å². The summed E-state index contributed by atoms with van der Waals surface area (Å²) in [6.45, 7) is 2.50. The van der Waals surface area contributed by atoms with Crippen LogP contribution < -0.4 is 16.4 Å². The van der Waals surface area contributed by atoms with Gasteiger partial charge in [-0.3, -0.25) is 9.36 Å². The topological polar surface area (TPSA) is 120 Å². The Kier molecular flexibility index (Phi) is 7.67. The molecule has 0 unspecified atom stereocenters. The predicted octanol–water partition coefficient (Wildman–Crippen LogP) is 5.19. The maximum absolute atomic E-state index is 11.7. The minimum atomic E-state index is -0.257. The molecule has 0 radical (unpaired) electrons. The number of benzene rings is 1. The highest BCUT2D eigenvalue weighted by molar-refractivity contribution is 6.41. The lowest BCUT2D eigenvalue weighted by Gasteiger charge is -2.29. The summed E-state index contributed by atoms with van der Waals surface area (Å²) in [5.74, 6) is 0.621. The molecule has 1 aliphatic rings. The van der Waals surface area contributed by atoms with Crippen LogP contribution in [-0.2, 0) is 9.53 Å². The van der Waals surface area contributed by atoms with Crippen molar-refractivity contribution in [2.75, 3.05) is 24.4 Å². The van der Waals surface area contributed by atoms with Gasteiger partial charge in [-0.05, 0) is 44.7 Å². The van der Waals surface area contributed by atoms with Gasteiger partial charge in [-0.1, -0.05) is 34.8 Å². The average Bonchev–Trinajstić information content (AvgIpc) is 3.13. The number of aromatic nitrogens is 4. The molecule has 2 aromatic heterocycles. The maximum Gasteiger partial charge on any atom is 0.225 e. The minimum absolute atomic E-state index is 0.0223. The van der Waals surface area contributed by atoms with Crippen molar-refractivity contribution in [3.8, 4) is 0 Å². The lowest BCUT2D eigenvalue weighted by Crippen LogP contribution is -2.29. The predicted molar refractivity (Wildman–Crippen MR) is 135 cm³/mol. The van der Waals surface area contributed by atoms with Crippen LogP contribution in [-0.4, -0.2) is 45.2 Å². The molecule has 1 atom stereocenters. The summed E-state index contributed by atoms with van der Waals surface area (Å²) in [6, 6.07) is 3.30. The number of methoxy groups -OCH3 is 1. The first kappa shape index (κ1) is 24.8. The highest BCUT2D eigenvalue weighted by Crippen LogP contribution is 2.40. The zero-order chi connectivity index (χ0) is 24.4. The van der Waals surface area contributed by atoms with Gasteiger partial charge in [-0.2, -0.15) is 4.98 Å². The summed E-state index contributed by atoms with van der Waals surface area (Å²) in [7, 11) is 1.64. The molecule has 4 N–H and O–H groups in total. The first-order valence-electron chi connectivity index (χ1n) is 11.0. The van der Waals surface area contributed by atoms with Crippen molar-refractivity contribution < 1.29 is 9.53 Å². The summed E-state index contributed by atoms with van der Waals surface area (Å²) in [5, 5.41) is 7.69. The zero-order valence-electron chi connectivity index (χ0n) is 18.8. The summed E-state index contributed by atoms with van der Waals surface area (Å²) < 4.78 is 7.22. The van der Waals surface area contributed by atoms with E-state index in [-0.39, 0.29) is 23.9 Å². The van der Waals surface area contributed by atoms with Gasteiger partial charge in [-0.25, -0.2) is 9.97 Å². The molecule has 9 nitrogen and oxygen atoms in total. The standard InChI is InChI=1S/C22H26Cl3N7O2/c1-11(10-34-2)28-21-27-9-17-20(31-21)32(14-5-3-12(4-6-14)19(26)33)22(29-17)30-18-15(24)7-13(23)8-16(18)25/h7-9,11-12,14H,3-6,10H2,1-2H3,(H2,26,33)(H,29,30)(H,27,28,31)/t11-,12?,14?/m0/s1. The van der Waals surface area contributed by atoms with Gasteiger partial charge in [0.2, 0.25) is 17.8 Å². The van der Waals surface area contributed by atoms with Crippen molar-refractivity contribution >= 4 is 69.5 Å². The van der Waals surface area contributed by atoms with Crippen LogP contribution in [0.3, 0.4) is 0 Å². The molecule has 34 heavy (non-hydrogen) atoms. The summed E-state index contributed by atoms with van der Waals surface area (Å²) >= 11 is 18.9. The average molecular weight is 527 g/mol. The lowest BCUT2D eigenvalue weighted by atomic mass is 9.85. The molecule has 0 bridgehead atoms. The Balaban J connectivity index is 1.75. The quantitative estimate of drug-likeness (QED) is 0.369. The monoisotopic (exact) mass is 525 g/mol. The molecule has 1 aromatic carbocycles. The molecular weight excluding hydrogens is 501 g/mol. The van der Waals surface area contributed by atoms with Gasteiger partial charge in [0.25, 0.3) is 0 Å². The lowest BCUT2D eigenvalue weighted by molar-refractivity contribution is -0.122. The van der Waals surface area contributed by atoms with E-state index < -0.39 is 0 Å². The number of ether oxygens (including phenoxy) is 1. The third kappa shape index (κ3) is 5.33. The van der Waals surface area contributed by atoms with Crippen molar-refractivity contribution in [2.45, 2.75) is 44.7 Å². The van der Waals surface area contributed by atoms with E-state index in [1.54, 1.807) is 25.4 Å². The molecule has 1 fully saturated rings. The number of primary amides is 1. The maximum atomic E-state index is 11.7. The summed E-state index contributed by atoms with van der Waals surface area (Å²) in [4.78, 5) is 25.6. The van der Waals surface area contributed by atoms with Gasteiger partial charge in [0.1, 0.15) is 5.52 Å². The Morgan fingerprint density at radius 1 is 1.21 bits per heavy atom. The van der Waals surface area contributed by atoms with Gasteiger partial charge < -0.3 is 21.1 Å². The van der Waals surface area contributed by atoms with Gasteiger partial charge >= 0.3 is 0 Å². The van der Waals surface area contributed by atoms with Crippen LogP contribution in [0.5, 0.6) is 0 Å². The van der Waals surface area contributed by atoms with Gasteiger partial charge in [0.05, 0.1) is 28.5 Å². The Morgan fingerprint density at radius 3 is 2.50 bits per heavy atom. The number of hydrogen-bond acceptors (Lipinski definition) is 7. The molecular formula is C22H26Cl3N7O2. The number of anilines is 3. The number of hydrogen-bond donors (Lipinski definition) is 3. The fourth-order valence-electron chi connectivity index (χ4n) is 4.30. The van der Waals surface area contributed by atoms with Crippen LogP contribution in [0.15, 0.2) is 18.3 Å². The second-order valence-corrected chi connectivity index (χ2v) is 9.74. The van der Waals surface area contributed by atoms with E-state index in [1.165, 1.54) is 0 Å². The Hall–Kier alpha value is -2.33. The highest BCUT2D eigenvalue weighted by atomic mass is 35.5. The van der Waals surface area contributed by atoms with E-state index in [0.29, 0.717) is 63.3 Å². The molecule has 182 valence electrons. The number of carbonyl (C=O) groups excluding carboxylic acids is 1. The van der Waals surface area contributed by atoms with E-state index in [2.05, 4.69) is 15.6 Å². The minimum Gasteiger partial charge on any atom is -0.383 e. The summed E-state index contributed by atoms with van der Waals surface area (Å²) in [6.07, 6.45) is 4.57. The number of halogens is 3. The third-order valence-electron chi connectivity index (χ3n) is 5.93. The fraction of sp³-hybridized carbons (Fsp3) is 0.455. The number of rotatable bonds is 8. The summed E-state index contributed by atoms with van der Waals surface area (Å²) in [5.41, 5.74) is 7.31. The molecule has 1 amide bonds. The molecule has 1 saturated carbocycles. The number of nitrogens with two attached hydrogens (primary N) is 1. The number of amides is 1. The van der Waals surface area contributed by atoms with E-state index in [0.717, 1.165) is 12.8 Å². The smallest absolute Gasteiger partial charge is 0.225 e. The Labute approximate surface area is 212 Å². The first-order valence-corrected chi connectivity index (χ1v) is 12.1. The number of fused-ring (bicyclic) bond motifs is 1. The normalized spacial score (nSPS) is 19.2. The molecule has 3 aromatic rings. The van der Waals surface area contributed by atoms with E-state index in [4.69, 9.17) is 55.2 Å². The number of nitrogens with one attached hydrogen (secondary N) is 2. The van der Waals surface area contributed by atoms with E-state index in [9.17, 15) is 4.79 Å². The molecule has 1 aliphatic carbocycles. The second-order valence-electron chi connectivity index (χ2n) is 8.49. The van der Waals surface area contributed by atoms with E-state index in [1.807, 2.05) is 11.5 Å². The third-order valence-corrected chi connectivity index (χ3v) is 6.75. The van der Waals surface area contributed by atoms with Gasteiger partial charge in [0, 0.05) is 30.1 Å². The number of nitrogens with zero attached hydrogens (tertiary/aromatic N) is 4. The Morgan fingerprint density at radius 2 is 1.88 bits per heavy atom. The Bertz CT molecular complexity index is 1170. The van der Waals surface area contributed by atoms with Crippen molar-refractivity contribution in [3.63, 3.8) is 0 Å². The van der Waals surface area contributed by atoms with Crippen LogP contribution in [0, 0.1) is 5.92 Å². The molecule has 0 aliphatic heterocycles. The van der Waals surface area contributed by atoms with Crippen LogP contribution in [0.4, 0.5) is 17.6 Å². The van der Waals surface area contributed by atoms with Crippen molar-refractivity contribution in [1.82, 2.24) is 19.5 Å². The second kappa shape index (κ2) is 10.5. The molecule has 4 rings (SSSR count). The van der Waals surface area contributed by atoms with Crippen molar-refractivity contribution in [2.24, 2.45) is 11.7 Å². The van der Waals surface area contributed by atoms with Crippen LogP contribution >= 0.6 is 34.8 Å². The zero-order valence-corrected chi connectivity index (χ0v) is 21.1. The van der Waals surface area contributed by atoms with Crippen LogP contribution in [0.25, 0.3) is 11.2 Å².